The largest absolute Gasteiger partial charge is 0.123 e. The maximum Gasteiger partial charge on any atom is 0.0364 e. The molecule has 2 saturated carbocycles. The molecular weight excluding hydrogens is 180 g/mol. The van der Waals surface area contributed by atoms with Gasteiger partial charge in [0, 0.05) is 5.38 Å². The van der Waals surface area contributed by atoms with E-state index in [1.54, 1.807) is 0 Å². The van der Waals surface area contributed by atoms with E-state index in [1.807, 2.05) is 0 Å². The van der Waals surface area contributed by atoms with Gasteiger partial charge < -0.3 is 0 Å². The van der Waals surface area contributed by atoms with Crippen LogP contribution in [-0.2, 0) is 0 Å². The van der Waals surface area contributed by atoms with Crippen LogP contribution < -0.4 is 0 Å². The van der Waals surface area contributed by atoms with Crippen LogP contribution in [0.25, 0.3) is 0 Å². The van der Waals surface area contributed by atoms with Gasteiger partial charge in [0.2, 0.25) is 0 Å². The predicted molar refractivity (Wildman–Crippen MR) is 58.1 cm³/mol. The van der Waals surface area contributed by atoms with E-state index in [9.17, 15) is 0 Å². The summed E-state index contributed by atoms with van der Waals surface area (Å²) in [5.41, 5.74) is 0. The molecule has 2 aliphatic rings. The fourth-order valence-electron chi connectivity index (χ4n) is 3.20. The Labute approximate surface area is 87.0 Å². The van der Waals surface area contributed by atoms with E-state index >= 15 is 0 Å². The zero-order valence-electron chi connectivity index (χ0n) is 8.64. The highest BCUT2D eigenvalue weighted by atomic mass is 35.5. The highest BCUT2D eigenvalue weighted by Gasteiger charge is 2.33. The van der Waals surface area contributed by atoms with Crippen molar-refractivity contribution in [1.29, 1.82) is 0 Å². The summed E-state index contributed by atoms with van der Waals surface area (Å²) in [5.74, 6) is 2.78. The monoisotopic (exact) mass is 200 g/mol. The molecular formula is C12H21Cl. The van der Waals surface area contributed by atoms with E-state index in [-0.39, 0.29) is 0 Å². The van der Waals surface area contributed by atoms with Crippen molar-refractivity contribution in [2.75, 3.05) is 0 Å². The molecule has 0 aromatic rings. The van der Waals surface area contributed by atoms with Gasteiger partial charge in [-0.15, -0.1) is 11.6 Å². The number of hydrogen-bond donors (Lipinski definition) is 0. The van der Waals surface area contributed by atoms with Gasteiger partial charge in [-0.2, -0.15) is 0 Å². The SMILES string of the molecule is CC1C(Cl)CCC1CC1CCCC1. The van der Waals surface area contributed by atoms with Crippen molar-refractivity contribution in [3.63, 3.8) is 0 Å². The molecule has 2 rings (SSSR count). The van der Waals surface area contributed by atoms with Crippen molar-refractivity contribution >= 4 is 11.6 Å². The summed E-state index contributed by atoms with van der Waals surface area (Å²) in [4.78, 5) is 0. The molecule has 0 nitrogen and oxygen atoms in total. The van der Waals surface area contributed by atoms with Crippen LogP contribution in [0.15, 0.2) is 0 Å². The molecule has 0 heterocycles. The molecule has 13 heavy (non-hydrogen) atoms. The van der Waals surface area contributed by atoms with E-state index in [2.05, 4.69) is 6.92 Å². The molecule has 3 atom stereocenters. The summed E-state index contributed by atoms with van der Waals surface area (Å²) >= 11 is 6.24. The Morgan fingerprint density at radius 3 is 2.31 bits per heavy atom. The second kappa shape index (κ2) is 4.21. The summed E-state index contributed by atoms with van der Waals surface area (Å²) < 4.78 is 0. The molecule has 3 unspecified atom stereocenters. The minimum atomic E-state index is 0.478. The molecule has 76 valence electrons. The van der Waals surface area contributed by atoms with Crippen LogP contribution in [0.4, 0.5) is 0 Å². The Bertz CT molecular complexity index is 161. The third-order valence-corrected chi connectivity index (χ3v) is 4.85. The molecule has 1 heteroatoms. The van der Waals surface area contributed by atoms with Crippen LogP contribution in [0.5, 0.6) is 0 Å². The first kappa shape index (κ1) is 9.83. The second-order valence-corrected chi connectivity index (χ2v) is 5.66. The number of alkyl halides is 1. The minimum absolute atomic E-state index is 0.478. The third-order valence-electron chi connectivity index (χ3n) is 4.24. The summed E-state index contributed by atoms with van der Waals surface area (Å²) in [5, 5.41) is 0.478. The first-order valence-corrected chi connectivity index (χ1v) is 6.35. The lowest BCUT2D eigenvalue weighted by Gasteiger charge is -2.20. The number of rotatable bonds is 2. The molecule has 0 amide bonds. The topological polar surface area (TPSA) is 0 Å². The molecule has 0 radical (unpaired) electrons. The predicted octanol–water partition coefficient (Wildman–Crippen LogP) is 4.22. The van der Waals surface area contributed by atoms with Gasteiger partial charge in [0.1, 0.15) is 0 Å². The summed E-state index contributed by atoms with van der Waals surface area (Å²) in [6.45, 7) is 2.35. The van der Waals surface area contributed by atoms with Crippen LogP contribution in [0, 0.1) is 17.8 Å². The molecule has 0 N–H and O–H groups in total. The average Bonchev–Trinajstić information content (AvgIpc) is 2.71. The lowest BCUT2D eigenvalue weighted by Crippen LogP contribution is -2.13. The third kappa shape index (κ3) is 2.21. The lowest BCUT2D eigenvalue weighted by atomic mass is 9.87. The molecule has 0 aromatic heterocycles. The lowest BCUT2D eigenvalue weighted by molar-refractivity contribution is 0.322. The van der Waals surface area contributed by atoms with Crippen LogP contribution in [0.1, 0.15) is 51.9 Å². The molecule has 0 saturated heterocycles. The van der Waals surface area contributed by atoms with Gasteiger partial charge in [-0.25, -0.2) is 0 Å². The van der Waals surface area contributed by atoms with E-state index < -0.39 is 0 Å². The van der Waals surface area contributed by atoms with E-state index in [0.29, 0.717) is 5.38 Å². The fourth-order valence-corrected chi connectivity index (χ4v) is 3.53. The van der Waals surface area contributed by atoms with E-state index in [4.69, 9.17) is 11.6 Å². The minimum Gasteiger partial charge on any atom is -0.123 e. The van der Waals surface area contributed by atoms with Gasteiger partial charge in [-0.3, -0.25) is 0 Å². The normalized spacial score (nSPS) is 41.5. The summed E-state index contributed by atoms with van der Waals surface area (Å²) in [6, 6.07) is 0. The van der Waals surface area contributed by atoms with Crippen LogP contribution in [0.2, 0.25) is 0 Å². The Kier molecular flexibility index (Phi) is 3.18. The van der Waals surface area contributed by atoms with Crippen molar-refractivity contribution in [1.82, 2.24) is 0 Å². The maximum absolute atomic E-state index is 6.24. The Hall–Kier alpha value is 0.290. The molecule has 2 fully saturated rings. The van der Waals surface area contributed by atoms with Crippen molar-refractivity contribution in [2.24, 2.45) is 17.8 Å². The van der Waals surface area contributed by atoms with Crippen molar-refractivity contribution < 1.29 is 0 Å². The quantitative estimate of drug-likeness (QED) is 0.586. The zero-order chi connectivity index (χ0) is 9.26. The zero-order valence-corrected chi connectivity index (χ0v) is 9.39. The first-order valence-electron chi connectivity index (χ1n) is 5.91. The van der Waals surface area contributed by atoms with Gasteiger partial charge >= 0.3 is 0 Å². The Morgan fingerprint density at radius 2 is 1.77 bits per heavy atom. The average molecular weight is 201 g/mol. The van der Waals surface area contributed by atoms with Crippen LogP contribution in [0.3, 0.4) is 0 Å². The molecule has 0 aliphatic heterocycles. The van der Waals surface area contributed by atoms with Gasteiger partial charge in [-0.1, -0.05) is 32.6 Å². The van der Waals surface area contributed by atoms with Gasteiger partial charge in [0.05, 0.1) is 0 Å². The molecule has 0 bridgehead atoms. The smallest absolute Gasteiger partial charge is 0.0364 e. The Balaban J connectivity index is 1.81. The van der Waals surface area contributed by atoms with Crippen molar-refractivity contribution in [3.05, 3.63) is 0 Å². The number of hydrogen-bond acceptors (Lipinski definition) is 0. The van der Waals surface area contributed by atoms with E-state index in [0.717, 1.165) is 17.8 Å². The molecule has 0 aromatic carbocycles. The summed E-state index contributed by atoms with van der Waals surface area (Å²) in [6.07, 6.45) is 10.1. The highest BCUT2D eigenvalue weighted by Crippen LogP contribution is 2.41. The van der Waals surface area contributed by atoms with Gasteiger partial charge in [0.25, 0.3) is 0 Å². The molecule has 2 aliphatic carbocycles. The standard InChI is InChI=1S/C12H21Cl/c1-9-11(6-7-12(9)13)8-10-4-2-3-5-10/h9-12H,2-8H2,1H3. The van der Waals surface area contributed by atoms with E-state index in [1.165, 1.54) is 44.9 Å². The van der Waals surface area contributed by atoms with Gasteiger partial charge in [-0.05, 0) is 37.0 Å². The highest BCUT2D eigenvalue weighted by molar-refractivity contribution is 6.20. The van der Waals surface area contributed by atoms with Crippen molar-refractivity contribution in [2.45, 2.75) is 57.2 Å². The maximum atomic E-state index is 6.24. The van der Waals surface area contributed by atoms with Crippen molar-refractivity contribution in [3.8, 4) is 0 Å². The van der Waals surface area contributed by atoms with Crippen LogP contribution >= 0.6 is 11.6 Å². The summed E-state index contributed by atoms with van der Waals surface area (Å²) in [7, 11) is 0. The van der Waals surface area contributed by atoms with Crippen LogP contribution in [-0.4, -0.2) is 5.38 Å². The Morgan fingerprint density at radius 1 is 1.08 bits per heavy atom. The first-order chi connectivity index (χ1) is 6.27. The van der Waals surface area contributed by atoms with Gasteiger partial charge in [0.15, 0.2) is 0 Å². The molecule has 0 spiro atoms. The second-order valence-electron chi connectivity index (χ2n) is 5.10. The fraction of sp³-hybridized carbons (Fsp3) is 1.00. The number of halogens is 1.